The van der Waals surface area contributed by atoms with E-state index in [1.54, 1.807) is 12.0 Å². The summed E-state index contributed by atoms with van der Waals surface area (Å²) < 4.78 is 5.70. The highest BCUT2D eigenvalue weighted by molar-refractivity contribution is 5.80. The van der Waals surface area contributed by atoms with Crippen molar-refractivity contribution in [2.45, 2.75) is 64.6 Å². The van der Waals surface area contributed by atoms with Crippen LogP contribution < -0.4 is 16.4 Å². The number of hydrogen-bond acceptors (Lipinski definition) is 3. The van der Waals surface area contributed by atoms with Crippen molar-refractivity contribution in [1.29, 1.82) is 0 Å². The molecule has 2 unspecified atom stereocenters. The van der Waals surface area contributed by atoms with Crippen LogP contribution in [0.4, 0.5) is 4.79 Å². The number of nitrogens with zero attached hydrogens (tertiary/aromatic N) is 2. The van der Waals surface area contributed by atoms with E-state index in [4.69, 9.17) is 10.5 Å². The average molecular weight is 339 g/mol. The van der Waals surface area contributed by atoms with Gasteiger partial charge in [-0.3, -0.25) is 4.99 Å². The molecule has 0 spiro atoms. The second kappa shape index (κ2) is 7.17. The van der Waals surface area contributed by atoms with Gasteiger partial charge >= 0.3 is 6.03 Å². The molecule has 1 saturated heterocycles. The van der Waals surface area contributed by atoms with E-state index in [2.05, 4.69) is 36.4 Å². The van der Waals surface area contributed by atoms with Crippen molar-refractivity contribution in [3.8, 4) is 0 Å². The minimum atomic E-state index is -0.330. The van der Waals surface area contributed by atoms with E-state index < -0.39 is 0 Å². The minimum Gasteiger partial charge on any atom is -0.378 e. The molecular weight excluding hydrogens is 306 g/mol. The molecule has 0 bridgehead atoms. The quantitative estimate of drug-likeness (QED) is 0.531. The highest BCUT2D eigenvalue weighted by atomic mass is 16.5. The van der Waals surface area contributed by atoms with Crippen LogP contribution in [0.5, 0.6) is 0 Å². The number of rotatable bonds is 4. The number of likely N-dealkylation sites (tertiary alicyclic amines) is 1. The predicted octanol–water partition coefficient (Wildman–Crippen LogP) is 1.29. The zero-order valence-corrected chi connectivity index (χ0v) is 15.7. The van der Waals surface area contributed by atoms with E-state index in [0.29, 0.717) is 25.2 Å². The summed E-state index contributed by atoms with van der Waals surface area (Å²) in [7, 11) is 1.78. The van der Waals surface area contributed by atoms with Crippen molar-refractivity contribution in [1.82, 2.24) is 15.5 Å². The SMILES string of the molecule is CCN=C(NC1CCN(C(N)=O)CC1)NC1CC(C)(OC)C1(C)C. The van der Waals surface area contributed by atoms with Crippen molar-refractivity contribution < 1.29 is 9.53 Å². The molecule has 2 amide bonds. The maximum absolute atomic E-state index is 11.2. The maximum atomic E-state index is 11.2. The highest BCUT2D eigenvalue weighted by Gasteiger charge is 2.58. The van der Waals surface area contributed by atoms with Gasteiger partial charge in [-0.25, -0.2) is 4.79 Å². The Morgan fingerprint density at radius 2 is 1.92 bits per heavy atom. The second-order valence-corrected chi connectivity index (χ2v) is 7.62. The van der Waals surface area contributed by atoms with E-state index in [-0.39, 0.29) is 17.0 Å². The van der Waals surface area contributed by atoms with Gasteiger partial charge in [-0.15, -0.1) is 0 Å². The molecule has 7 heteroatoms. The molecule has 1 aliphatic carbocycles. The number of aliphatic imine (C=N–C) groups is 1. The molecule has 2 fully saturated rings. The maximum Gasteiger partial charge on any atom is 0.314 e. The van der Waals surface area contributed by atoms with Crippen molar-refractivity contribution in [2.75, 3.05) is 26.7 Å². The molecule has 1 saturated carbocycles. The Hall–Kier alpha value is -1.50. The van der Waals surface area contributed by atoms with Crippen LogP contribution in [0.15, 0.2) is 4.99 Å². The molecule has 1 aliphatic heterocycles. The summed E-state index contributed by atoms with van der Waals surface area (Å²) in [5.74, 6) is 0.853. The first-order valence-electron chi connectivity index (χ1n) is 8.90. The highest BCUT2D eigenvalue weighted by Crippen LogP contribution is 2.51. The van der Waals surface area contributed by atoms with Crippen LogP contribution >= 0.6 is 0 Å². The van der Waals surface area contributed by atoms with E-state index >= 15 is 0 Å². The van der Waals surface area contributed by atoms with Crippen LogP contribution in [0.1, 0.15) is 47.0 Å². The summed E-state index contributed by atoms with van der Waals surface area (Å²) in [5, 5.41) is 7.09. The van der Waals surface area contributed by atoms with Crippen molar-refractivity contribution >= 4 is 12.0 Å². The summed E-state index contributed by atoms with van der Waals surface area (Å²) in [6, 6.07) is 0.311. The van der Waals surface area contributed by atoms with Crippen molar-refractivity contribution in [3.63, 3.8) is 0 Å². The molecule has 0 aromatic carbocycles. The summed E-state index contributed by atoms with van der Waals surface area (Å²) in [4.78, 5) is 17.5. The van der Waals surface area contributed by atoms with E-state index in [0.717, 1.165) is 31.8 Å². The zero-order valence-electron chi connectivity index (χ0n) is 15.7. The van der Waals surface area contributed by atoms with Gasteiger partial charge in [0.1, 0.15) is 0 Å². The molecule has 24 heavy (non-hydrogen) atoms. The van der Waals surface area contributed by atoms with Crippen LogP contribution in [0.25, 0.3) is 0 Å². The molecule has 0 radical (unpaired) electrons. The number of methoxy groups -OCH3 is 1. The molecule has 138 valence electrons. The van der Waals surface area contributed by atoms with Crippen molar-refractivity contribution in [3.05, 3.63) is 0 Å². The molecule has 4 N–H and O–H groups in total. The van der Waals surface area contributed by atoms with Gasteiger partial charge in [-0.1, -0.05) is 13.8 Å². The first-order chi connectivity index (χ1) is 11.2. The number of carbonyl (C=O) groups is 1. The third kappa shape index (κ3) is 3.61. The van der Waals surface area contributed by atoms with Gasteiger partial charge in [0.15, 0.2) is 5.96 Å². The number of ether oxygens (including phenoxy) is 1. The Morgan fingerprint density at radius 1 is 1.29 bits per heavy atom. The Balaban J connectivity index is 1.90. The average Bonchev–Trinajstić information content (AvgIpc) is 2.54. The molecule has 7 nitrogen and oxygen atoms in total. The van der Waals surface area contributed by atoms with Gasteiger partial charge in [0, 0.05) is 44.2 Å². The van der Waals surface area contributed by atoms with E-state index in [1.165, 1.54) is 0 Å². The Bertz CT molecular complexity index is 485. The van der Waals surface area contributed by atoms with Gasteiger partial charge in [-0.05, 0) is 33.1 Å². The smallest absolute Gasteiger partial charge is 0.314 e. The number of guanidine groups is 1. The molecule has 1 heterocycles. The number of carbonyl (C=O) groups excluding carboxylic acids is 1. The number of piperidine rings is 1. The standard InChI is InChI=1S/C17H33N5O2/c1-6-19-15(20-12-7-9-22(10-8-12)14(18)23)21-13-11-17(4,24-5)16(13,2)3/h12-13H,6-11H2,1-5H3,(H2,18,23)(H2,19,20,21). The molecular formula is C17H33N5O2. The van der Waals surface area contributed by atoms with Crippen LogP contribution in [0.3, 0.4) is 0 Å². The lowest BCUT2D eigenvalue weighted by Gasteiger charge is -2.59. The van der Waals surface area contributed by atoms with E-state index in [1.807, 2.05) is 6.92 Å². The van der Waals surface area contributed by atoms with Crippen LogP contribution in [0, 0.1) is 5.41 Å². The summed E-state index contributed by atoms with van der Waals surface area (Å²) in [6.45, 7) is 10.8. The van der Waals surface area contributed by atoms with Gasteiger partial charge in [0.05, 0.1) is 5.60 Å². The third-order valence-corrected chi connectivity index (χ3v) is 6.05. The lowest BCUT2D eigenvalue weighted by Crippen LogP contribution is -2.70. The number of nitrogens with two attached hydrogens (primary N) is 1. The molecule has 2 aliphatic rings. The second-order valence-electron chi connectivity index (χ2n) is 7.62. The predicted molar refractivity (Wildman–Crippen MR) is 96.0 cm³/mol. The number of amides is 2. The molecule has 0 aromatic heterocycles. The van der Waals surface area contributed by atoms with Gasteiger partial charge < -0.3 is 26.0 Å². The van der Waals surface area contributed by atoms with Gasteiger partial charge in [0.25, 0.3) is 0 Å². The number of hydrogen-bond donors (Lipinski definition) is 3. The number of nitrogens with one attached hydrogen (secondary N) is 2. The van der Waals surface area contributed by atoms with Gasteiger partial charge in [-0.2, -0.15) is 0 Å². The fourth-order valence-corrected chi connectivity index (χ4v) is 3.62. The molecule has 2 rings (SSSR count). The molecule has 2 atom stereocenters. The van der Waals surface area contributed by atoms with E-state index in [9.17, 15) is 4.79 Å². The molecule has 0 aromatic rings. The number of primary amides is 1. The first-order valence-corrected chi connectivity index (χ1v) is 8.90. The summed E-state index contributed by atoms with van der Waals surface area (Å²) in [6.07, 6.45) is 2.73. The summed E-state index contributed by atoms with van der Waals surface area (Å²) >= 11 is 0. The number of urea groups is 1. The monoisotopic (exact) mass is 339 g/mol. The topological polar surface area (TPSA) is 92.0 Å². The fourth-order valence-electron chi connectivity index (χ4n) is 3.62. The van der Waals surface area contributed by atoms with Crippen molar-refractivity contribution in [2.24, 2.45) is 16.1 Å². The lowest BCUT2D eigenvalue weighted by molar-refractivity contribution is -0.176. The summed E-state index contributed by atoms with van der Waals surface area (Å²) in [5.41, 5.74) is 5.27. The Morgan fingerprint density at radius 3 is 2.38 bits per heavy atom. The first kappa shape index (κ1) is 18.8. The third-order valence-electron chi connectivity index (χ3n) is 6.05. The van der Waals surface area contributed by atoms with Crippen LogP contribution in [-0.2, 0) is 4.74 Å². The Labute approximate surface area is 145 Å². The van der Waals surface area contributed by atoms with Gasteiger partial charge in [0.2, 0.25) is 0 Å². The van der Waals surface area contributed by atoms with Crippen LogP contribution in [-0.4, -0.2) is 61.3 Å². The Kier molecular flexibility index (Phi) is 5.63. The fraction of sp³-hybridized carbons (Fsp3) is 0.882. The zero-order chi connectivity index (χ0) is 18.0. The lowest BCUT2D eigenvalue weighted by atomic mass is 9.56. The van der Waals surface area contributed by atoms with Crippen LogP contribution in [0.2, 0.25) is 0 Å². The minimum absolute atomic E-state index is 0.0350. The normalized spacial score (nSPS) is 30.6. The largest absolute Gasteiger partial charge is 0.378 e.